The molecule has 0 aliphatic heterocycles. The van der Waals surface area contributed by atoms with Crippen molar-refractivity contribution in [2.45, 2.75) is 83.6 Å². The summed E-state index contributed by atoms with van der Waals surface area (Å²) in [7, 11) is -3.98. The number of hydrogen-bond donors (Lipinski definition) is 2. The van der Waals surface area contributed by atoms with E-state index in [1.54, 1.807) is 50.3 Å². The number of aromatic nitrogens is 1. The van der Waals surface area contributed by atoms with E-state index in [2.05, 4.69) is 10.3 Å². The molecular formula is C33H43N3O7S2. The molecule has 2 aromatic carbocycles. The summed E-state index contributed by atoms with van der Waals surface area (Å²) in [6.07, 6.45) is 0.462. The van der Waals surface area contributed by atoms with Crippen molar-refractivity contribution >= 4 is 38.4 Å². The number of nitrogens with zero attached hydrogens (tertiary/aromatic N) is 2. The number of aliphatic hydroxyl groups excluding tert-OH is 1. The van der Waals surface area contributed by atoms with E-state index in [-0.39, 0.29) is 23.9 Å². The third kappa shape index (κ3) is 10.0. The zero-order chi connectivity index (χ0) is 32.8. The van der Waals surface area contributed by atoms with Gasteiger partial charge in [0.1, 0.15) is 23.5 Å². The second-order valence-corrected chi connectivity index (χ2v) is 15.5. The normalized spacial score (nSPS) is 13.7. The Morgan fingerprint density at radius 2 is 1.84 bits per heavy atom. The standard InChI is InChI=1S/C33H43N3O7S2/c1-22(2)18-36(45(39,40)28-12-14-31-25(17-28)15-16-41-31)19-30(37)29(35-32(38)43-33(4,5)6)13-9-24-7-10-27(11-8-24)42-20-26-21-44-23(3)34-26/h7-8,10-12,14-17,21-22,29-30,37H,9,13,18-20H2,1-6H3,(H,35,38)/t29-,30+/m0/s1. The lowest BCUT2D eigenvalue weighted by atomic mass is 10.0. The van der Waals surface area contributed by atoms with Crippen molar-refractivity contribution in [3.8, 4) is 5.75 Å². The van der Waals surface area contributed by atoms with E-state index in [4.69, 9.17) is 13.9 Å². The molecule has 0 fully saturated rings. The number of amides is 1. The number of furan rings is 1. The molecule has 45 heavy (non-hydrogen) atoms. The van der Waals surface area contributed by atoms with Crippen LogP contribution in [0.4, 0.5) is 4.79 Å². The molecule has 244 valence electrons. The quantitative estimate of drug-likeness (QED) is 0.161. The first-order chi connectivity index (χ1) is 21.2. The molecule has 0 bridgehead atoms. The van der Waals surface area contributed by atoms with E-state index in [9.17, 15) is 18.3 Å². The van der Waals surface area contributed by atoms with Gasteiger partial charge in [-0.05, 0) is 88.4 Å². The van der Waals surface area contributed by atoms with E-state index < -0.39 is 33.9 Å². The highest BCUT2D eigenvalue weighted by Crippen LogP contribution is 2.25. The molecule has 0 aliphatic carbocycles. The molecule has 2 atom stereocenters. The number of benzene rings is 2. The van der Waals surface area contributed by atoms with Crippen LogP contribution < -0.4 is 10.1 Å². The van der Waals surface area contributed by atoms with E-state index in [1.165, 1.54) is 16.6 Å². The van der Waals surface area contributed by atoms with Crippen LogP contribution in [0.5, 0.6) is 5.75 Å². The number of fused-ring (bicyclic) bond motifs is 1. The van der Waals surface area contributed by atoms with Gasteiger partial charge in [0.25, 0.3) is 0 Å². The highest BCUT2D eigenvalue weighted by molar-refractivity contribution is 7.89. The lowest BCUT2D eigenvalue weighted by Crippen LogP contribution is -2.51. The number of aryl methyl sites for hydroxylation is 2. The van der Waals surface area contributed by atoms with Gasteiger partial charge >= 0.3 is 6.09 Å². The highest BCUT2D eigenvalue weighted by atomic mass is 32.2. The molecule has 0 saturated carbocycles. The summed E-state index contributed by atoms with van der Waals surface area (Å²) < 4.78 is 45.6. The number of carbonyl (C=O) groups excluding carboxylic acids is 1. The van der Waals surface area contributed by atoms with Crippen molar-refractivity contribution in [2.75, 3.05) is 13.1 Å². The van der Waals surface area contributed by atoms with Crippen molar-refractivity contribution in [2.24, 2.45) is 5.92 Å². The van der Waals surface area contributed by atoms with Crippen LogP contribution in [-0.2, 0) is 27.8 Å². The summed E-state index contributed by atoms with van der Waals surface area (Å²) in [6.45, 7) is 11.4. The summed E-state index contributed by atoms with van der Waals surface area (Å²) in [4.78, 5) is 17.3. The number of alkyl carbamates (subject to hydrolysis) is 1. The molecule has 0 spiro atoms. The second-order valence-electron chi connectivity index (χ2n) is 12.5. The number of hydrogen-bond acceptors (Lipinski definition) is 9. The number of thiazole rings is 1. The van der Waals surface area contributed by atoms with Crippen molar-refractivity contribution in [3.05, 3.63) is 76.4 Å². The van der Waals surface area contributed by atoms with Crippen molar-refractivity contribution in [3.63, 3.8) is 0 Å². The molecule has 0 radical (unpaired) electrons. The predicted molar refractivity (Wildman–Crippen MR) is 175 cm³/mol. The van der Waals surface area contributed by atoms with Gasteiger partial charge in [0, 0.05) is 23.9 Å². The Morgan fingerprint density at radius 3 is 2.49 bits per heavy atom. The van der Waals surface area contributed by atoms with Gasteiger partial charge in [0.15, 0.2) is 0 Å². The number of rotatable bonds is 14. The average Bonchev–Trinajstić information content (AvgIpc) is 3.61. The molecule has 0 aliphatic rings. The lowest BCUT2D eigenvalue weighted by molar-refractivity contribution is 0.0391. The predicted octanol–water partition coefficient (Wildman–Crippen LogP) is 6.31. The molecular weight excluding hydrogens is 615 g/mol. The van der Waals surface area contributed by atoms with Crippen molar-refractivity contribution < 1.29 is 32.2 Å². The van der Waals surface area contributed by atoms with E-state index >= 15 is 0 Å². The third-order valence-electron chi connectivity index (χ3n) is 6.91. The number of carbonyl (C=O) groups is 1. The summed E-state index contributed by atoms with van der Waals surface area (Å²) >= 11 is 1.58. The van der Waals surface area contributed by atoms with Crippen molar-refractivity contribution in [1.82, 2.24) is 14.6 Å². The minimum atomic E-state index is -3.98. The van der Waals surface area contributed by atoms with Crippen LogP contribution in [0.25, 0.3) is 11.0 Å². The summed E-state index contributed by atoms with van der Waals surface area (Å²) in [5.41, 5.74) is 1.68. The van der Waals surface area contributed by atoms with Gasteiger partial charge in [-0.3, -0.25) is 0 Å². The van der Waals surface area contributed by atoms with Gasteiger partial charge < -0.3 is 24.3 Å². The monoisotopic (exact) mass is 657 g/mol. The Morgan fingerprint density at radius 1 is 1.11 bits per heavy atom. The van der Waals surface area contributed by atoms with Gasteiger partial charge in [-0.1, -0.05) is 26.0 Å². The van der Waals surface area contributed by atoms with Crippen LogP contribution in [-0.4, -0.2) is 59.7 Å². The molecule has 2 N–H and O–H groups in total. The molecule has 2 heterocycles. The fourth-order valence-electron chi connectivity index (χ4n) is 4.79. The molecule has 12 heteroatoms. The molecule has 1 amide bonds. The third-order valence-corrected chi connectivity index (χ3v) is 9.56. The Bertz CT molecular complexity index is 1660. The summed E-state index contributed by atoms with van der Waals surface area (Å²) in [5, 5.41) is 17.9. The minimum Gasteiger partial charge on any atom is -0.487 e. The van der Waals surface area contributed by atoms with Crippen LogP contribution in [0.3, 0.4) is 0 Å². The smallest absolute Gasteiger partial charge is 0.407 e. The number of aliphatic hydroxyl groups is 1. The number of sulfonamides is 1. The minimum absolute atomic E-state index is 0.0119. The number of ether oxygens (including phenoxy) is 2. The first-order valence-electron chi connectivity index (χ1n) is 15.0. The molecule has 0 saturated heterocycles. The SMILES string of the molecule is Cc1nc(COc2ccc(CC[C@H](NC(=O)OC(C)(C)C)[C@H](O)CN(CC(C)C)S(=O)(=O)c3ccc4occc4c3)cc2)cs1. The largest absolute Gasteiger partial charge is 0.487 e. The fraction of sp³-hybridized carbons (Fsp3) is 0.455. The first kappa shape index (κ1) is 34.4. The first-order valence-corrected chi connectivity index (χ1v) is 17.3. The van der Waals surface area contributed by atoms with Crippen LogP contribution in [0.1, 0.15) is 57.3 Å². The average molecular weight is 658 g/mol. The van der Waals surface area contributed by atoms with Crippen LogP contribution in [0, 0.1) is 12.8 Å². The maximum atomic E-state index is 13.8. The molecule has 4 rings (SSSR count). The highest BCUT2D eigenvalue weighted by Gasteiger charge is 2.32. The van der Waals surface area contributed by atoms with Gasteiger partial charge in [-0.2, -0.15) is 4.31 Å². The van der Waals surface area contributed by atoms with Gasteiger partial charge in [0.05, 0.1) is 34.0 Å². The molecule has 0 unspecified atom stereocenters. The van der Waals surface area contributed by atoms with Crippen LogP contribution >= 0.6 is 11.3 Å². The second kappa shape index (κ2) is 14.8. The summed E-state index contributed by atoms with van der Waals surface area (Å²) in [5.74, 6) is 0.693. The lowest BCUT2D eigenvalue weighted by Gasteiger charge is -2.31. The fourth-order valence-corrected chi connectivity index (χ4v) is 7.05. The summed E-state index contributed by atoms with van der Waals surface area (Å²) in [6, 6.07) is 13.2. The Hall–Kier alpha value is -3.45. The maximum Gasteiger partial charge on any atom is 0.407 e. The van der Waals surface area contributed by atoms with E-state index in [0.29, 0.717) is 36.2 Å². The van der Waals surface area contributed by atoms with Crippen LogP contribution in [0.2, 0.25) is 0 Å². The topological polar surface area (TPSA) is 131 Å². The van der Waals surface area contributed by atoms with Gasteiger partial charge in [-0.15, -0.1) is 11.3 Å². The Kier molecular flexibility index (Phi) is 11.3. The Balaban J connectivity index is 1.48. The number of nitrogens with one attached hydrogen (secondary N) is 1. The van der Waals surface area contributed by atoms with E-state index in [0.717, 1.165) is 16.3 Å². The molecule has 10 nitrogen and oxygen atoms in total. The zero-order valence-corrected chi connectivity index (χ0v) is 28.3. The van der Waals surface area contributed by atoms with E-state index in [1.807, 2.05) is 50.4 Å². The zero-order valence-electron chi connectivity index (χ0n) is 26.6. The van der Waals surface area contributed by atoms with Crippen molar-refractivity contribution in [1.29, 1.82) is 0 Å². The maximum absolute atomic E-state index is 13.8. The van der Waals surface area contributed by atoms with Gasteiger partial charge in [-0.25, -0.2) is 18.2 Å². The van der Waals surface area contributed by atoms with Gasteiger partial charge in [0.2, 0.25) is 10.0 Å². The molecule has 2 aromatic heterocycles. The Labute approximate surface area is 269 Å². The molecule has 4 aromatic rings. The van der Waals surface area contributed by atoms with Crippen LogP contribution in [0.15, 0.2) is 69.5 Å².